The van der Waals surface area contributed by atoms with Crippen molar-refractivity contribution in [3.05, 3.63) is 57.8 Å². The Bertz CT molecular complexity index is 648. The SMILES string of the molecule is Fc1cc(Br)ccc1CNCc1ccc2c(c1)OCCO2. The van der Waals surface area contributed by atoms with Crippen molar-refractivity contribution in [1.82, 2.24) is 5.32 Å². The number of fused-ring (bicyclic) bond motifs is 1. The van der Waals surface area contributed by atoms with Crippen molar-refractivity contribution in [2.24, 2.45) is 0 Å². The average molecular weight is 352 g/mol. The maximum atomic E-state index is 13.7. The number of hydrogen-bond acceptors (Lipinski definition) is 3. The number of halogens is 2. The van der Waals surface area contributed by atoms with Crippen LogP contribution in [0.5, 0.6) is 11.5 Å². The van der Waals surface area contributed by atoms with Crippen LogP contribution >= 0.6 is 15.9 Å². The van der Waals surface area contributed by atoms with E-state index >= 15 is 0 Å². The molecule has 1 N–H and O–H groups in total. The Hall–Kier alpha value is -1.59. The molecule has 21 heavy (non-hydrogen) atoms. The standard InChI is InChI=1S/C16H15BrFNO2/c17-13-3-2-12(14(18)8-13)10-19-9-11-1-4-15-16(7-11)21-6-5-20-15/h1-4,7-8,19H,5-6,9-10H2. The molecule has 3 nitrogen and oxygen atoms in total. The first-order valence-electron chi connectivity index (χ1n) is 6.75. The first kappa shape index (κ1) is 14.4. The molecule has 0 radical (unpaired) electrons. The van der Waals surface area contributed by atoms with Crippen LogP contribution < -0.4 is 14.8 Å². The Morgan fingerprint density at radius 2 is 1.81 bits per heavy atom. The van der Waals surface area contributed by atoms with Gasteiger partial charge in [-0.3, -0.25) is 0 Å². The third-order valence-corrected chi connectivity index (χ3v) is 3.76. The monoisotopic (exact) mass is 351 g/mol. The predicted octanol–water partition coefficient (Wildman–Crippen LogP) is 3.65. The smallest absolute Gasteiger partial charge is 0.161 e. The van der Waals surface area contributed by atoms with E-state index in [4.69, 9.17) is 9.47 Å². The molecule has 2 aromatic rings. The number of rotatable bonds is 4. The fourth-order valence-corrected chi connectivity index (χ4v) is 2.54. The van der Waals surface area contributed by atoms with Gasteiger partial charge in [-0.1, -0.05) is 28.1 Å². The molecule has 0 amide bonds. The highest BCUT2D eigenvalue weighted by Gasteiger charge is 2.11. The average Bonchev–Trinajstić information content (AvgIpc) is 2.49. The fraction of sp³-hybridized carbons (Fsp3) is 0.250. The summed E-state index contributed by atoms with van der Waals surface area (Å²) in [5, 5.41) is 3.23. The van der Waals surface area contributed by atoms with Crippen molar-refractivity contribution in [3.8, 4) is 11.5 Å². The summed E-state index contributed by atoms with van der Waals surface area (Å²) in [6.07, 6.45) is 0. The molecule has 3 rings (SSSR count). The summed E-state index contributed by atoms with van der Waals surface area (Å²) in [5.74, 6) is 1.35. The van der Waals surface area contributed by atoms with Crippen molar-refractivity contribution in [2.75, 3.05) is 13.2 Å². The van der Waals surface area contributed by atoms with Crippen LogP contribution in [0.25, 0.3) is 0 Å². The van der Waals surface area contributed by atoms with Gasteiger partial charge < -0.3 is 14.8 Å². The lowest BCUT2D eigenvalue weighted by atomic mass is 10.1. The van der Waals surface area contributed by atoms with Gasteiger partial charge in [-0.15, -0.1) is 0 Å². The number of benzene rings is 2. The van der Waals surface area contributed by atoms with Crippen LogP contribution in [0, 0.1) is 5.82 Å². The zero-order valence-electron chi connectivity index (χ0n) is 11.4. The van der Waals surface area contributed by atoms with E-state index in [-0.39, 0.29) is 5.82 Å². The minimum Gasteiger partial charge on any atom is -0.486 e. The molecule has 0 spiro atoms. The van der Waals surface area contributed by atoms with Crippen molar-refractivity contribution >= 4 is 15.9 Å². The van der Waals surface area contributed by atoms with Gasteiger partial charge in [0.1, 0.15) is 19.0 Å². The molecule has 1 aliphatic rings. The molecule has 5 heteroatoms. The minimum absolute atomic E-state index is 0.209. The summed E-state index contributed by atoms with van der Waals surface area (Å²) < 4.78 is 25.5. The van der Waals surface area contributed by atoms with Gasteiger partial charge in [-0.25, -0.2) is 4.39 Å². The van der Waals surface area contributed by atoms with E-state index in [0.29, 0.717) is 31.9 Å². The number of hydrogen-bond donors (Lipinski definition) is 1. The van der Waals surface area contributed by atoms with Crippen LogP contribution in [0.2, 0.25) is 0 Å². The van der Waals surface area contributed by atoms with E-state index in [2.05, 4.69) is 21.2 Å². The Balaban J connectivity index is 1.60. The van der Waals surface area contributed by atoms with Gasteiger partial charge in [0.25, 0.3) is 0 Å². The van der Waals surface area contributed by atoms with Crippen molar-refractivity contribution < 1.29 is 13.9 Å². The summed E-state index contributed by atoms with van der Waals surface area (Å²) in [6.45, 7) is 2.29. The molecule has 0 aliphatic carbocycles. The lowest BCUT2D eigenvalue weighted by Gasteiger charge is -2.19. The molecular weight excluding hydrogens is 337 g/mol. The van der Waals surface area contributed by atoms with E-state index in [9.17, 15) is 4.39 Å². The van der Waals surface area contributed by atoms with E-state index in [1.54, 1.807) is 6.07 Å². The summed E-state index contributed by atoms with van der Waals surface area (Å²) in [4.78, 5) is 0. The van der Waals surface area contributed by atoms with E-state index < -0.39 is 0 Å². The molecule has 0 saturated heterocycles. The minimum atomic E-state index is -0.209. The van der Waals surface area contributed by atoms with Crippen LogP contribution in [-0.2, 0) is 13.1 Å². The highest BCUT2D eigenvalue weighted by Crippen LogP contribution is 2.30. The third kappa shape index (κ3) is 3.54. The Kier molecular flexibility index (Phi) is 4.41. The molecule has 0 bridgehead atoms. The largest absolute Gasteiger partial charge is 0.486 e. The maximum Gasteiger partial charge on any atom is 0.161 e. The maximum absolute atomic E-state index is 13.7. The summed E-state index contributed by atoms with van der Waals surface area (Å²) in [7, 11) is 0. The summed E-state index contributed by atoms with van der Waals surface area (Å²) >= 11 is 3.25. The van der Waals surface area contributed by atoms with Gasteiger partial charge in [0.05, 0.1) is 0 Å². The van der Waals surface area contributed by atoms with Gasteiger partial charge in [0, 0.05) is 23.1 Å². The predicted molar refractivity (Wildman–Crippen MR) is 82.1 cm³/mol. The molecule has 2 aromatic carbocycles. The molecule has 0 saturated carbocycles. The quantitative estimate of drug-likeness (QED) is 0.911. The zero-order valence-corrected chi connectivity index (χ0v) is 13.0. The highest BCUT2D eigenvalue weighted by atomic mass is 79.9. The number of ether oxygens (including phenoxy) is 2. The second-order valence-electron chi connectivity index (χ2n) is 4.82. The normalized spacial score (nSPS) is 13.2. The Morgan fingerprint density at radius 3 is 2.62 bits per heavy atom. The van der Waals surface area contributed by atoms with Crippen LogP contribution in [0.15, 0.2) is 40.9 Å². The molecule has 110 valence electrons. The van der Waals surface area contributed by atoms with Gasteiger partial charge in [-0.05, 0) is 29.8 Å². The van der Waals surface area contributed by atoms with Gasteiger partial charge in [-0.2, -0.15) is 0 Å². The lowest BCUT2D eigenvalue weighted by molar-refractivity contribution is 0.171. The fourth-order valence-electron chi connectivity index (χ4n) is 2.20. The Morgan fingerprint density at radius 1 is 1.00 bits per heavy atom. The molecule has 0 fully saturated rings. The van der Waals surface area contributed by atoms with Crippen LogP contribution in [-0.4, -0.2) is 13.2 Å². The molecule has 0 atom stereocenters. The zero-order chi connectivity index (χ0) is 14.7. The summed E-state index contributed by atoms with van der Waals surface area (Å²) in [5.41, 5.74) is 1.73. The first-order valence-corrected chi connectivity index (χ1v) is 7.55. The molecular formula is C16H15BrFNO2. The highest BCUT2D eigenvalue weighted by molar-refractivity contribution is 9.10. The second-order valence-corrected chi connectivity index (χ2v) is 5.73. The van der Waals surface area contributed by atoms with Crippen molar-refractivity contribution in [3.63, 3.8) is 0 Å². The van der Waals surface area contributed by atoms with Crippen LogP contribution in [0.1, 0.15) is 11.1 Å². The van der Waals surface area contributed by atoms with Gasteiger partial charge >= 0.3 is 0 Å². The summed E-state index contributed by atoms with van der Waals surface area (Å²) in [6, 6.07) is 10.9. The lowest BCUT2D eigenvalue weighted by Crippen LogP contribution is -2.17. The topological polar surface area (TPSA) is 30.5 Å². The first-order chi connectivity index (χ1) is 10.2. The molecule has 1 heterocycles. The van der Waals surface area contributed by atoms with Gasteiger partial charge in [0.15, 0.2) is 11.5 Å². The van der Waals surface area contributed by atoms with Crippen LogP contribution in [0.3, 0.4) is 0 Å². The molecule has 0 unspecified atom stereocenters. The third-order valence-electron chi connectivity index (χ3n) is 3.27. The van der Waals surface area contributed by atoms with E-state index in [0.717, 1.165) is 21.5 Å². The Labute approximate surface area is 131 Å². The molecule has 1 aliphatic heterocycles. The van der Waals surface area contributed by atoms with Gasteiger partial charge in [0.2, 0.25) is 0 Å². The van der Waals surface area contributed by atoms with Crippen molar-refractivity contribution in [2.45, 2.75) is 13.1 Å². The van der Waals surface area contributed by atoms with Crippen molar-refractivity contribution in [1.29, 1.82) is 0 Å². The van der Waals surface area contributed by atoms with E-state index in [1.807, 2.05) is 24.3 Å². The van der Waals surface area contributed by atoms with Crippen LogP contribution in [0.4, 0.5) is 4.39 Å². The molecule has 0 aromatic heterocycles. The number of nitrogens with one attached hydrogen (secondary N) is 1. The van der Waals surface area contributed by atoms with E-state index in [1.165, 1.54) is 6.07 Å². The second kappa shape index (κ2) is 6.45.